The Kier molecular flexibility index (Phi) is 2.89. The van der Waals surface area contributed by atoms with E-state index >= 15 is 0 Å². The van der Waals surface area contributed by atoms with E-state index in [-0.39, 0.29) is 6.29 Å². The van der Waals surface area contributed by atoms with Crippen LogP contribution in [0.1, 0.15) is 11.9 Å². The highest BCUT2D eigenvalue weighted by atomic mass is 79.9. The van der Waals surface area contributed by atoms with Gasteiger partial charge in [-0.3, -0.25) is 0 Å². The van der Waals surface area contributed by atoms with Gasteiger partial charge in [-0.05, 0) is 22.0 Å². The Morgan fingerprint density at radius 3 is 2.69 bits per heavy atom. The van der Waals surface area contributed by atoms with Crippen LogP contribution in [0.3, 0.4) is 0 Å². The van der Waals surface area contributed by atoms with Gasteiger partial charge in [0.2, 0.25) is 0 Å². The van der Waals surface area contributed by atoms with E-state index in [1.54, 1.807) is 0 Å². The third kappa shape index (κ3) is 1.89. The van der Waals surface area contributed by atoms with E-state index in [1.807, 2.05) is 18.2 Å². The maximum Gasteiger partial charge on any atom is 0.185 e. The molecule has 0 bridgehead atoms. The van der Waals surface area contributed by atoms with Crippen molar-refractivity contribution in [3.63, 3.8) is 0 Å². The van der Waals surface area contributed by atoms with Crippen molar-refractivity contribution in [1.82, 2.24) is 0 Å². The fourth-order valence-electron chi connectivity index (χ4n) is 1.24. The molecule has 1 fully saturated rings. The average Bonchev–Trinajstić information content (AvgIpc) is 2.62. The van der Waals surface area contributed by atoms with Crippen LogP contribution in [0.25, 0.3) is 0 Å². The fraction of sp³-hybridized carbons (Fsp3) is 0.333. The van der Waals surface area contributed by atoms with E-state index in [2.05, 4.69) is 15.9 Å². The minimum atomic E-state index is -0.301. The van der Waals surface area contributed by atoms with Crippen molar-refractivity contribution < 1.29 is 9.47 Å². The van der Waals surface area contributed by atoms with Gasteiger partial charge in [-0.15, -0.1) is 0 Å². The number of hydrogen-bond donors (Lipinski definition) is 0. The lowest BCUT2D eigenvalue weighted by molar-refractivity contribution is -0.0440. The molecule has 0 radical (unpaired) electrons. The molecule has 0 unspecified atom stereocenters. The molecule has 1 aromatic rings. The Balaban J connectivity index is 2.33. The molecule has 0 aromatic heterocycles. The van der Waals surface area contributed by atoms with Crippen LogP contribution < -0.4 is 0 Å². The van der Waals surface area contributed by atoms with Crippen molar-refractivity contribution in [2.75, 3.05) is 13.2 Å². The lowest BCUT2D eigenvalue weighted by Crippen LogP contribution is -1.98. The zero-order chi connectivity index (χ0) is 9.26. The van der Waals surface area contributed by atoms with Gasteiger partial charge in [0.25, 0.3) is 0 Å². The average molecular weight is 264 g/mol. The molecule has 4 heteroatoms. The second-order valence-corrected chi connectivity index (χ2v) is 3.95. The van der Waals surface area contributed by atoms with Crippen molar-refractivity contribution in [3.05, 3.63) is 33.3 Å². The molecule has 1 aromatic carbocycles. The van der Waals surface area contributed by atoms with Gasteiger partial charge in [-0.25, -0.2) is 0 Å². The van der Waals surface area contributed by atoms with Crippen molar-refractivity contribution >= 4 is 27.5 Å². The van der Waals surface area contributed by atoms with Gasteiger partial charge in [0.15, 0.2) is 6.29 Å². The molecule has 1 aliphatic heterocycles. The van der Waals surface area contributed by atoms with Crippen LogP contribution in [0.5, 0.6) is 0 Å². The quantitative estimate of drug-likeness (QED) is 0.775. The zero-order valence-corrected chi connectivity index (χ0v) is 9.14. The van der Waals surface area contributed by atoms with Crippen LogP contribution in [0, 0.1) is 0 Å². The first kappa shape index (κ1) is 9.46. The smallest absolute Gasteiger partial charge is 0.185 e. The first-order chi connectivity index (χ1) is 6.29. The summed E-state index contributed by atoms with van der Waals surface area (Å²) in [5.74, 6) is 0. The minimum Gasteiger partial charge on any atom is -0.346 e. The van der Waals surface area contributed by atoms with E-state index < -0.39 is 0 Å². The summed E-state index contributed by atoms with van der Waals surface area (Å²) >= 11 is 9.42. The number of hydrogen-bond acceptors (Lipinski definition) is 2. The highest BCUT2D eigenvalue weighted by Crippen LogP contribution is 2.33. The highest BCUT2D eigenvalue weighted by Gasteiger charge is 2.21. The molecule has 1 saturated heterocycles. The summed E-state index contributed by atoms with van der Waals surface area (Å²) in [5, 5.41) is 0.661. The molecule has 0 saturated carbocycles. The topological polar surface area (TPSA) is 18.5 Å². The molecular weight excluding hydrogens is 255 g/mol. The molecule has 13 heavy (non-hydrogen) atoms. The van der Waals surface area contributed by atoms with Crippen molar-refractivity contribution in [2.24, 2.45) is 0 Å². The van der Waals surface area contributed by atoms with Gasteiger partial charge in [0, 0.05) is 10.0 Å². The monoisotopic (exact) mass is 262 g/mol. The largest absolute Gasteiger partial charge is 0.346 e. The Morgan fingerprint density at radius 1 is 1.31 bits per heavy atom. The van der Waals surface area contributed by atoms with Gasteiger partial charge in [0.05, 0.1) is 18.2 Å². The van der Waals surface area contributed by atoms with Crippen molar-refractivity contribution in [3.8, 4) is 0 Å². The van der Waals surface area contributed by atoms with Gasteiger partial charge >= 0.3 is 0 Å². The number of halogens is 2. The Labute approximate surface area is 89.9 Å². The highest BCUT2D eigenvalue weighted by molar-refractivity contribution is 9.10. The molecule has 2 nitrogen and oxygen atoms in total. The second kappa shape index (κ2) is 3.96. The number of ether oxygens (including phenoxy) is 2. The summed E-state index contributed by atoms with van der Waals surface area (Å²) < 4.78 is 11.6. The summed E-state index contributed by atoms with van der Waals surface area (Å²) in [6.45, 7) is 1.26. The number of rotatable bonds is 1. The zero-order valence-electron chi connectivity index (χ0n) is 6.80. The molecule has 1 heterocycles. The number of benzene rings is 1. The molecule has 1 aliphatic rings. The predicted molar refractivity (Wildman–Crippen MR) is 53.8 cm³/mol. The molecule has 0 N–H and O–H groups in total. The molecule has 0 amide bonds. The third-order valence-corrected chi connectivity index (χ3v) is 3.17. The van der Waals surface area contributed by atoms with Gasteiger partial charge < -0.3 is 9.47 Å². The van der Waals surface area contributed by atoms with Crippen LogP contribution in [0.2, 0.25) is 5.02 Å². The normalized spacial score (nSPS) is 18.0. The maximum atomic E-state index is 6.07. The van der Waals surface area contributed by atoms with Crippen LogP contribution in [0.15, 0.2) is 22.7 Å². The van der Waals surface area contributed by atoms with Crippen molar-refractivity contribution in [1.29, 1.82) is 0 Å². The first-order valence-electron chi connectivity index (χ1n) is 3.96. The van der Waals surface area contributed by atoms with Gasteiger partial charge in [0.1, 0.15) is 0 Å². The first-order valence-corrected chi connectivity index (χ1v) is 5.13. The van der Waals surface area contributed by atoms with Gasteiger partial charge in [-0.2, -0.15) is 0 Å². The van der Waals surface area contributed by atoms with E-state index in [1.165, 1.54) is 0 Å². The summed E-state index contributed by atoms with van der Waals surface area (Å²) in [5.41, 5.74) is 0.883. The lowest BCUT2D eigenvalue weighted by atomic mass is 10.2. The third-order valence-electron chi connectivity index (χ3n) is 1.86. The Bertz CT molecular complexity index is 310. The Morgan fingerprint density at radius 2 is 2.00 bits per heavy atom. The van der Waals surface area contributed by atoms with Crippen LogP contribution in [-0.4, -0.2) is 13.2 Å². The van der Waals surface area contributed by atoms with Gasteiger partial charge in [-0.1, -0.05) is 23.7 Å². The summed E-state index contributed by atoms with van der Waals surface area (Å²) in [4.78, 5) is 0. The summed E-state index contributed by atoms with van der Waals surface area (Å²) in [7, 11) is 0. The molecule has 0 aliphatic carbocycles. The summed E-state index contributed by atoms with van der Waals surface area (Å²) in [6.07, 6.45) is -0.301. The molecule has 2 rings (SSSR count). The van der Waals surface area contributed by atoms with E-state index in [0.717, 1.165) is 10.0 Å². The molecule has 70 valence electrons. The van der Waals surface area contributed by atoms with Crippen LogP contribution in [0.4, 0.5) is 0 Å². The standard InChI is InChI=1S/C9H8BrClO2/c10-7-3-1-2-6(8(7)11)9-12-4-5-13-9/h1-3,9H,4-5H2. The Hall–Kier alpha value is -0.0900. The van der Waals surface area contributed by atoms with Crippen LogP contribution >= 0.6 is 27.5 Å². The van der Waals surface area contributed by atoms with E-state index in [0.29, 0.717) is 18.2 Å². The van der Waals surface area contributed by atoms with Crippen LogP contribution in [-0.2, 0) is 9.47 Å². The second-order valence-electron chi connectivity index (χ2n) is 2.72. The molecular formula is C9H8BrClO2. The SMILES string of the molecule is Clc1c(Br)cccc1C1OCCO1. The predicted octanol–water partition coefficient (Wildman–Crippen LogP) is 3.15. The fourth-order valence-corrected chi connectivity index (χ4v) is 1.84. The minimum absolute atomic E-state index is 0.301. The lowest BCUT2D eigenvalue weighted by Gasteiger charge is -2.11. The summed E-state index contributed by atoms with van der Waals surface area (Å²) in [6, 6.07) is 5.71. The van der Waals surface area contributed by atoms with Crippen molar-refractivity contribution in [2.45, 2.75) is 6.29 Å². The molecule has 0 spiro atoms. The molecule has 0 atom stereocenters. The van der Waals surface area contributed by atoms with E-state index in [9.17, 15) is 0 Å². The van der Waals surface area contributed by atoms with E-state index in [4.69, 9.17) is 21.1 Å². The maximum absolute atomic E-state index is 6.07.